The molecule has 2 rings (SSSR count). The molecular weight excluding hydrogens is 330 g/mol. The molecule has 0 heterocycles. The zero-order valence-electron chi connectivity index (χ0n) is 15.7. The number of amides is 1. The third kappa shape index (κ3) is 5.23. The average Bonchev–Trinajstić information content (AvgIpc) is 2.66. The summed E-state index contributed by atoms with van der Waals surface area (Å²) in [7, 11) is 3.20. The number of benzene rings is 2. The summed E-state index contributed by atoms with van der Waals surface area (Å²) in [4.78, 5) is 14.4. The lowest BCUT2D eigenvalue weighted by atomic mass is 10.0. The van der Waals surface area contributed by atoms with E-state index in [1.807, 2.05) is 49.4 Å². The molecule has 140 valence electrons. The molecule has 5 nitrogen and oxygen atoms in total. The number of aryl methyl sites for hydroxylation is 2. The standard InChI is InChI=1S/C21H27NO4/c1-16-6-4-5-7-17(16)8-11-21(24)22(12-13-23)15-18-14-19(25-2)9-10-20(18)26-3/h4-7,9-10,14,23H,8,11-13,15H2,1-3H3. The highest BCUT2D eigenvalue weighted by molar-refractivity contribution is 5.76. The van der Waals surface area contributed by atoms with Gasteiger partial charge in [0.2, 0.25) is 5.91 Å². The Morgan fingerprint density at radius 3 is 2.50 bits per heavy atom. The van der Waals surface area contributed by atoms with Gasteiger partial charge in [-0.25, -0.2) is 0 Å². The van der Waals surface area contributed by atoms with Gasteiger partial charge in [0.05, 0.1) is 20.8 Å². The van der Waals surface area contributed by atoms with Gasteiger partial charge < -0.3 is 19.5 Å². The van der Waals surface area contributed by atoms with Crippen molar-refractivity contribution < 1.29 is 19.4 Å². The molecule has 0 bridgehead atoms. The number of rotatable bonds is 9. The molecule has 2 aromatic rings. The van der Waals surface area contributed by atoms with Gasteiger partial charge in [-0.1, -0.05) is 24.3 Å². The number of nitrogens with zero attached hydrogens (tertiary/aromatic N) is 1. The van der Waals surface area contributed by atoms with Crippen LogP contribution in [0.25, 0.3) is 0 Å². The minimum atomic E-state index is -0.0810. The van der Waals surface area contributed by atoms with Crippen molar-refractivity contribution in [1.82, 2.24) is 4.90 Å². The highest BCUT2D eigenvalue weighted by Crippen LogP contribution is 2.25. The molecule has 0 saturated heterocycles. The molecule has 1 N–H and O–H groups in total. The van der Waals surface area contributed by atoms with E-state index in [-0.39, 0.29) is 19.1 Å². The molecule has 0 aromatic heterocycles. The summed E-state index contributed by atoms with van der Waals surface area (Å²) in [5, 5.41) is 9.37. The van der Waals surface area contributed by atoms with E-state index in [9.17, 15) is 9.90 Å². The topological polar surface area (TPSA) is 59.0 Å². The van der Waals surface area contributed by atoms with Crippen LogP contribution in [0.3, 0.4) is 0 Å². The number of hydrogen-bond acceptors (Lipinski definition) is 4. The van der Waals surface area contributed by atoms with Crippen molar-refractivity contribution in [3.8, 4) is 11.5 Å². The SMILES string of the molecule is COc1ccc(OC)c(CN(CCO)C(=O)CCc2ccccc2C)c1. The van der Waals surface area contributed by atoms with Gasteiger partial charge in [0.1, 0.15) is 11.5 Å². The summed E-state index contributed by atoms with van der Waals surface area (Å²) in [6.45, 7) is 2.62. The molecule has 0 spiro atoms. The number of aliphatic hydroxyl groups is 1. The highest BCUT2D eigenvalue weighted by atomic mass is 16.5. The van der Waals surface area contributed by atoms with E-state index in [4.69, 9.17) is 9.47 Å². The molecule has 0 atom stereocenters. The predicted molar refractivity (Wildman–Crippen MR) is 102 cm³/mol. The Balaban J connectivity index is 2.10. The predicted octanol–water partition coefficient (Wildman–Crippen LogP) is 2.97. The summed E-state index contributed by atoms with van der Waals surface area (Å²) in [6, 6.07) is 13.6. The molecule has 0 aliphatic heterocycles. The number of hydrogen-bond donors (Lipinski definition) is 1. The lowest BCUT2D eigenvalue weighted by Gasteiger charge is -2.23. The third-order valence-electron chi connectivity index (χ3n) is 4.44. The highest BCUT2D eigenvalue weighted by Gasteiger charge is 2.16. The van der Waals surface area contributed by atoms with E-state index in [0.29, 0.717) is 30.9 Å². The smallest absolute Gasteiger partial charge is 0.223 e. The molecule has 0 aliphatic rings. The molecule has 0 aliphatic carbocycles. The lowest BCUT2D eigenvalue weighted by molar-refractivity contribution is -0.132. The quantitative estimate of drug-likeness (QED) is 0.750. The van der Waals surface area contributed by atoms with E-state index < -0.39 is 0 Å². The second kappa shape index (κ2) is 9.82. The molecule has 26 heavy (non-hydrogen) atoms. The summed E-state index contributed by atoms with van der Waals surface area (Å²) in [5.74, 6) is 1.41. The zero-order chi connectivity index (χ0) is 18.9. The van der Waals surface area contributed by atoms with Crippen molar-refractivity contribution in [2.75, 3.05) is 27.4 Å². The van der Waals surface area contributed by atoms with Crippen LogP contribution in [0.2, 0.25) is 0 Å². The van der Waals surface area contributed by atoms with Crippen molar-refractivity contribution in [1.29, 1.82) is 0 Å². The van der Waals surface area contributed by atoms with Crippen molar-refractivity contribution in [2.45, 2.75) is 26.3 Å². The first-order chi connectivity index (χ1) is 12.6. The Morgan fingerprint density at radius 1 is 1.08 bits per heavy atom. The van der Waals surface area contributed by atoms with Crippen molar-refractivity contribution in [2.24, 2.45) is 0 Å². The monoisotopic (exact) mass is 357 g/mol. The first-order valence-electron chi connectivity index (χ1n) is 8.73. The third-order valence-corrected chi connectivity index (χ3v) is 4.44. The molecular formula is C21H27NO4. The van der Waals surface area contributed by atoms with Crippen LogP contribution in [0.1, 0.15) is 23.1 Å². The van der Waals surface area contributed by atoms with Crippen LogP contribution in [0.15, 0.2) is 42.5 Å². The largest absolute Gasteiger partial charge is 0.497 e. The van der Waals surface area contributed by atoms with Crippen LogP contribution in [0.4, 0.5) is 0 Å². The van der Waals surface area contributed by atoms with Gasteiger partial charge in [-0.05, 0) is 42.7 Å². The fourth-order valence-electron chi connectivity index (χ4n) is 2.91. The summed E-state index contributed by atoms with van der Waals surface area (Å²) in [5.41, 5.74) is 3.21. The van der Waals surface area contributed by atoms with E-state index >= 15 is 0 Å². The Morgan fingerprint density at radius 2 is 1.85 bits per heavy atom. The maximum absolute atomic E-state index is 12.7. The van der Waals surface area contributed by atoms with Gasteiger partial charge in [-0.2, -0.15) is 0 Å². The van der Waals surface area contributed by atoms with Gasteiger partial charge in [-0.15, -0.1) is 0 Å². The van der Waals surface area contributed by atoms with Crippen molar-refractivity contribution in [3.05, 3.63) is 59.2 Å². The molecule has 0 radical (unpaired) electrons. The van der Waals surface area contributed by atoms with Gasteiger partial charge in [-0.3, -0.25) is 4.79 Å². The molecule has 0 fully saturated rings. The van der Waals surface area contributed by atoms with Gasteiger partial charge in [0.25, 0.3) is 0 Å². The van der Waals surface area contributed by atoms with E-state index in [2.05, 4.69) is 0 Å². The first-order valence-corrected chi connectivity index (χ1v) is 8.73. The second-order valence-corrected chi connectivity index (χ2v) is 6.14. The maximum atomic E-state index is 12.7. The first kappa shape index (κ1) is 19.8. The number of carbonyl (C=O) groups is 1. The van der Waals surface area contributed by atoms with E-state index in [1.165, 1.54) is 11.1 Å². The van der Waals surface area contributed by atoms with Crippen molar-refractivity contribution in [3.63, 3.8) is 0 Å². The molecule has 2 aromatic carbocycles. The Labute approximate surface area is 155 Å². The molecule has 0 unspecified atom stereocenters. The normalized spacial score (nSPS) is 10.5. The summed E-state index contributed by atoms with van der Waals surface area (Å²) in [6.07, 6.45) is 1.08. The summed E-state index contributed by atoms with van der Waals surface area (Å²) >= 11 is 0. The number of aliphatic hydroxyl groups excluding tert-OH is 1. The fourth-order valence-corrected chi connectivity index (χ4v) is 2.91. The number of ether oxygens (including phenoxy) is 2. The molecule has 5 heteroatoms. The van der Waals surface area contributed by atoms with Crippen molar-refractivity contribution >= 4 is 5.91 Å². The second-order valence-electron chi connectivity index (χ2n) is 6.14. The minimum absolute atomic E-state index is 0.00664. The molecule has 0 saturated carbocycles. The Hall–Kier alpha value is -2.53. The maximum Gasteiger partial charge on any atom is 0.223 e. The number of carbonyl (C=O) groups excluding carboxylic acids is 1. The fraction of sp³-hybridized carbons (Fsp3) is 0.381. The van der Waals surface area contributed by atoms with Gasteiger partial charge >= 0.3 is 0 Å². The number of methoxy groups -OCH3 is 2. The van der Waals surface area contributed by atoms with Crippen LogP contribution in [-0.4, -0.2) is 43.3 Å². The van der Waals surface area contributed by atoms with E-state index in [1.54, 1.807) is 19.1 Å². The summed E-state index contributed by atoms with van der Waals surface area (Å²) < 4.78 is 10.7. The van der Waals surface area contributed by atoms with Crippen LogP contribution in [0, 0.1) is 6.92 Å². The Bertz CT molecular complexity index is 730. The van der Waals surface area contributed by atoms with Gasteiger partial charge in [0, 0.05) is 25.1 Å². The zero-order valence-corrected chi connectivity index (χ0v) is 15.7. The minimum Gasteiger partial charge on any atom is -0.497 e. The Kier molecular flexibility index (Phi) is 7.48. The van der Waals surface area contributed by atoms with Crippen LogP contribution >= 0.6 is 0 Å². The van der Waals surface area contributed by atoms with Crippen LogP contribution < -0.4 is 9.47 Å². The average molecular weight is 357 g/mol. The van der Waals surface area contributed by atoms with Gasteiger partial charge in [0.15, 0.2) is 0 Å². The molecule has 1 amide bonds. The van der Waals surface area contributed by atoms with Crippen LogP contribution in [0.5, 0.6) is 11.5 Å². The lowest BCUT2D eigenvalue weighted by Crippen LogP contribution is -2.33. The van der Waals surface area contributed by atoms with E-state index in [0.717, 1.165) is 5.56 Å². The van der Waals surface area contributed by atoms with Crippen LogP contribution in [-0.2, 0) is 17.8 Å².